The summed E-state index contributed by atoms with van der Waals surface area (Å²) in [5, 5.41) is 3.19. The van der Waals surface area contributed by atoms with E-state index in [4.69, 9.17) is 0 Å². The number of amides is 1. The Bertz CT molecular complexity index is 593. The third-order valence-electron chi connectivity index (χ3n) is 4.06. The largest absolute Gasteiger partial charge is 0.352 e. The Balaban J connectivity index is 1.53. The summed E-state index contributed by atoms with van der Waals surface area (Å²) in [6.45, 7) is 2.24. The molecule has 1 amide bonds. The highest BCUT2D eigenvalue weighted by Crippen LogP contribution is 2.29. The Morgan fingerprint density at radius 3 is 3.00 bits per heavy atom. The van der Waals surface area contributed by atoms with Gasteiger partial charge in [0.1, 0.15) is 0 Å². The maximum Gasteiger partial charge on any atom is 0.230 e. The van der Waals surface area contributed by atoms with Gasteiger partial charge in [0.05, 0.1) is 16.0 Å². The van der Waals surface area contributed by atoms with E-state index >= 15 is 0 Å². The number of carbonyl (C=O) groups excluding carboxylic acids is 1. The van der Waals surface area contributed by atoms with Gasteiger partial charge in [0.15, 0.2) is 4.34 Å². The van der Waals surface area contributed by atoms with Crippen molar-refractivity contribution >= 4 is 39.2 Å². The molecule has 1 N–H and O–H groups in total. The first-order chi connectivity index (χ1) is 10.2. The van der Waals surface area contributed by atoms with Gasteiger partial charge < -0.3 is 5.32 Å². The number of hydrogen-bond donors (Lipinski definition) is 1. The van der Waals surface area contributed by atoms with E-state index in [0.717, 1.165) is 16.3 Å². The van der Waals surface area contributed by atoms with Crippen molar-refractivity contribution < 1.29 is 4.79 Å². The van der Waals surface area contributed by atoms with Crippen molar-refractivity contribution in [2.75, 3.05) is 5.75 Å². The van der Waals surface area contributed by atoms with Gasteiger partial charge >= 0.3 is 0 Å². The summed E-state index contributed by atoms with van der Waals surface area (Å²) in [5.41, 5.74) is 1.02. The maximum absolute atomic E-state index is 12.1. The second kappa shape index (κ2) is 6.79. The molecule has 3 nitrogen and oxygen atoms in total. The molecule has 21 heavy (non-hydrogen) atoms. The van der Waals surface area contributed by atoms with E-state index in [9.17, 15) is 4.79 Å². The lowest BCUT2D eigenvalue weighted by Gasteiger charge is -2.29. The molecule has 0 saturated heterocycles. The molecule has 0 spiro atoms. The molecule has 2 atom stereocenters. The van der Waals surface area contributed by atoms with Crippen molar-refractivity contribution in [3.8, 4) is 0 Å². The Labute approximate surface area is 133 Å². The fourth-order valence-corrected chi connectivity index (χ4v) is 4.70. The lowest BCUT2D eigenvalue weighted by atomic mass is 9.86. The van der Waals surface area contributed by atoms with Gasteiger partial charge in [-0.3, -0.25) is 4.79 Å². The minimum atomic E-state index is 0.137. The van der Waals surface area contributed by atoms with E-state index in [1.165, 1.54) is 35.7 Å². The summed E-state index contributed by atoms with van der Waals surface area (Å²) >= 11 is 3.20. The average molecular weight is 320 g/mol. The number of nitrogens with zero attached hydrogens (tertiary/aromatic N) is 1. The molecule has 1 fully saturated rings. The minimum absolute atomic E-state index is 0.137. The number of thioether (sulfide) groups is 1. The number of carbonyl (C=O) groups is 1. The SMILES string of the molecule is CC1CCCCC1NC(=O)CSc1nc2ccccc2s1. The molecule has 0 radical (unpaired) electrons. The first-order valence-electron chi connectivity index (χ1n) is 7.50. The molecule has 0 aliphatic heterocycles. The molecule has 1 aromatic heterocycles. The summed E-state index contributed by atoms with van der Waals surface area (Å²) in [4.78, 5) is 16.6. The Hall–Kier alpha value is -1.07. The maximum atomic E-state index is 12.1. The number of para-hydroxylation sites is 1. The zero-order valence-corrected chi connectivity index (χ0v) is 13.8. The molecular weight excluding hydrogens is 300 g/mol. The molecule has 112 valence electrons. The molecular formula is C16H20N2OS2. The van der Waals surface area contributed by atoms with Crippen molar-refractivity contribution in [2.45, 2.75) is 43.0 Å². The number of rotatable bonds is 4. The molecule has 3 rings (SSSR count). The highest BCUT2D eigenvalue weighted by atomic mass is 32.2. The second-order valence-electron chi connectivity index (χ2n) is 5.67. The molecule has 1 heterocycles. The van der Waals surface area contributed by atoms with Crippen molar-refractivity contribution in [1.82, 2.24) is 10.3 Å². The van der Waals surface area contributed by atoms with E-state index in [1.807, 2.05) is 18.2 Å². The van der Waals surface area contributed by atoms with Crippen LogP contribution in [0.5, 0.6) is 0 Å². The average Bonchev–Trinajstić information content (AvgIpc) is 2.90. The molecule has 1 aliphatic carbocycles. The molecule has 1 saturated carbocycles. The van der Waals surface area contributed by atoms with Crippen molar-refractivity contribution in [1.29, 1.82) is 0 Å². The minimum Gasteiger partial charge on any atom is -0.352 e. The van der Waals surface area contributed by atoms with Crippen LogP contribution in [0.4, 0.5) is 0 Å². The van der Waals surface area contributed by atoms with E-state index in [0.29, 0.717) is 17.7 Å². The van der Waals surface area contributed by atoms with Gasteiger partial charge in [-0.15, -0.1) is 11.3 Å². The third-order valence-corrected chi connectivity index (χ3v) is 6.24. The normalized spacial score (nSPS) is 22.3. The van der Waals surface area contributed by atoms with Crippen LogP contribution in [0.3, 0.4) is 0 Å². The lowest BCUT2D eigenvalue weighted by Crippen LogP contribution is -2.41. The summed E-state index contributed by atoms with van der Waals surface area (Å²) in [6.07, 6.45) is 4.89. The summed E-state index contributed by atoms with van der Waals surface area (Å²) in [7, 11) is 0. The van der Waals surface area contributed by atoms with Gasteiger partial charge in [0, 0.05) is 6.04 Å². The van der Waals surface area contributed by atoms with Gasteiger partial charge in [0.2, 0.25) is 5.91 Å². The van der Waals surface area contributed by atoms with E-state index in [1.54, 1.807) is 11.3 Å². The van der Waals surface area contributed by atoms with Crippen LogP contribution in [0.2, 0.25) is 0 Å². The Morgan fingerprint density at radius 1 is 1.38 bits per heavy atom. The molecule has 5 heteroatoms. The zero-order valence-electron chi connectivity index (χ0n) is 12.2. The molecule has 1 aromatic carbocycles. The number of thiazole rings is 1. The zero-order chi connectivity index (χ0) is 14.7. The van der Waals surface area contributed by atoms with Crippen LogP contribution in [-0.2, 0) is 4.79 Å². The van der Waals surface area contributed by atoms with Gasteiger partial charge in [-0.05, 0) is 30.9 Å². The van der Waals surface area contributed by atoms with E-state index in [-0.39, 0.29) is 5.91 Å². The van der Waals surface area contributed by atoms with Crippen LogP contribution < -0.4 is 5.32 Å². The predicted octanol–water partition coefficient (Wildman–Crippen LogP) is 4.08. The number of aromatic nitrogens is 1. The first kappa shape index (κ1) is 14.9. The van der Waals surface area contributed by atoms with Crippen molar-refractivity contribution in [3.63, 3.8) is 0 Å². The number of benzene rings is 1. The van der Waals surface area contributed by atoms with Gasteiger partial charge in [-0.2, -0.15) is 0 Å². The highest BCUT2D eigenvalue weighted by Gasteiger charge is 2.22. The van der Waals surface area contributed by atoms with Crippen LogP contribution in [0, 0.1) is 5.92 Å². The highest BCUT2D eigenvalue weighted by molar-refractivity contribution is 8.01. The quantitative estimate of drug-likeness (QED) is 0.863. The molecule has 1 aliphatic rings. The molecule has 2 unspecified atom stereocenters. The molecule has 2 aromatic rings. The lowest BCUT2D eigenvalue weighted by molar-refractivity contribution is -0.119. The first-order valence-corrected chi connectivity index (χ1v) is 9.30. The predicted molar refractivity (Wildman–Crippen MR) is 89.9 cm³/mol. The Kier molecular flexibility index (Phi) is 4.80. The van der Waals surface area contributed by atoms with Gasteiger partial charge in [0.25, 0.3) is 0 Å². The van der Waals surface area contributed by atoms with Crippen LogP contribution in [0.15, 0.2) is 28.6 Å². The number of fused-ring (bicyclic) bond motifs is 1. The fourth-order valence-electron chi connectivity index (χ4n) is 2.82. The van der Waals surface area contributed by atoms with E-state index < -0.39 is 0 Å². The van der Waals surface area contributed by atoms with Crippen molar-refractivity contribution in [3.05, 3.63) is 24.3 Å². The van der Waals surface area contributed by atoms with Crippen LogP contribution in [0.25, 0.3) is 10.2 Å². The third kappa shape index (κ3) is 3.77. The summed E-state index contributed by atoms with van der Waals surface area (Å²) in [5.74, 6) is 1.21. The summed E-state index contributed by atoms with van der Waals surface area (Å²) in [6, 6.07) is 8.46. The van der Waals surface area contributed by atoms with E-state index in [2.05, 4.69) is 23.3 Å². The second-order valence-corrected chi connectivity index (χ2v) is 7.93. The smallest absolute Gasteiger partial charge is 0.230 e. The number of nitrogens with one attached hydrogen (secondary N) is 1. The monoisotopic (exact) mass is 320 g/mol. The standard InChI is InChI=1S/C16H20N2OS2/c1-11-6-2-3-7-12(11)17-15(19)10-20-16-18-13-8-4-5-9-14(13)21-16/h4-5,8-9,11-12H,2-3,6-7,10H2,1H3,(H,17,19). The fraction of sp³-hybridized carbons (Fsp3) is 0.500. The van der Waals surface area contributed by atoms with Crippen LogP contribution in [0.1, 0.15) is 32.6 Å². The van der Waals surface area contributed by atoms with Crippen LogP contribution in [-0.4, -0.2) is 22.7 Å². The van der Waals surface area contributed by atoms with Gasteiger partial charge in [-0.25, -0.2) is 4.98 Å². The molecule has 0 bridgehead atoms. The van der Waals surface area contributed by atoms with Gasteiger partial charge in [-0.1, -0.05) is 43.7 Å². The summed E-state index contributed by atoms with van der Waals surface area (Å²) < 4.78 is 2.16. The topological polar surface area (TPSA) is 42.0 Å². The number of hydrogen-bond acceptors (Lipinski definition) is 4. The van der Waals surface area contributed by atoms with Crippen molar-refractivity contribution in [2.24, 2.45) is 5.92 Å². The Morgan fingerprint density at radius 2 is 2.19 bits per heavy atom. The van der Waals surface area contributed by atoms with Crippen LogP contribution >= 0.6 is 23.1 Å².